The van der Waals surface area contributed by atoms with Crippen LogP contribution in [0.5, 0.6) is 0 Å². The third-order valence-corrected chi connectivity index (χ3v) is 4.78. The molecule has 128 valence electrons. The summed E-state index contributed by atoms with van der Waals surface area (Å²) >= 11 is 0. The topological polar surface area (TPSA) is 86.8 Å². The summed E-state index contributed by atoms with van der Waals surface area (Å²) in [4.78, 5) is 50.8. The fraction of sp³-hybridized carbons (Fsp3) is 0.750. The van der Waals surface area contributed by atoms with Gasteiger partial charge in [-0.15, -0.1) is 0 Å². The summed E-state index contributed by atoms with van der Waals surface area (Å²) in [7, 11) is 0. The Morgan fingerprint density at radius 3 is 2.52 bits per heavy atom. The van der Waals surface area contributed by atoms with Crippen molar-refractivity contribution in [3.63, 3.8) is 0 Å². The molecular weight excluding hydrogens is 298 g/mol. The van der Waals surface area contributed by atoms with Crippen LogP contribution in [0.4, 0.5) is 0 Å². The number of piperidine rings is 1. The standard InChI is InChI=1S/C16H25N3O4/c1-4-16(2,3)9-13(21)18-7-8-19(14(22)10-18)11-5-6-12(20)17-15(11)23/h11H,4-10H2,1-3H3,(H,17,20,23). The summed E-state index contributed by atoms with van der Waals surface area (Å²) in [5, 5.41) is 2.27. The van der Waals surface area contributed by atoms with Crippen LogP contribution in [0.25, 0.3) is 0 Å². The fourth-order valence-electron chi connectivity index (χ4n) is 2.85. The zero-order valence-corrected chi connectivity index (χ0v) is 14.1. The predicted octanol–water partition coefficient (Wildman–Crippen LogP) is 0.289. The molecule has 2 rings (SSSR count). The fourth-order valence-corrected chi connectivity index (χ4v) is 2.85. The first-order chi connectivity index (χ1) is 10.7. The van der Waals surface area contributed by atoms with Crippen molar-refractivity contribution in [1.82, 2.24) is 15.1 Å². The van der Waals surface area contributed by atoms with Crippen LogP contribution < -0.4 is 5.32 Å². The number of rotatable bonds is 4. The molecule has 0 spiro atoms. The predicted molar refractivity (Wildman–Crippen MR) is 83.2 cm³/mol. The van der Waals surface area contributed by atoms with Crippen LogP contribution in [0, 0.1) is 5.41 Å². The van der Waals surface area contributed by atoms with E-state index in [1.165, 1.54) is 4.90 Å². The molecule has 23 heavy (non-hydrogen) atoms. The molecule has 0 aliphatic carbocycles. The Bertz CT molecular complexity index is 529. The molecular formula is C16H25N3O4. The van der Waals surface area contributed by atoms with Crippen LogP contribution >= 0.6 is 0 Å². The Hall–Kier alpha value is -1.92. The molecule has 2 aliphatic rings. The van der Waals surface area contributed by atoms with E-state index in [9.17, 15) is 19.2 Å². The Morgan fingerprint density at radius 2 is 1.96 bits per heavy atom. The molecule has 0 aromatic rings. The largest absolute Gasteiger partial charge is 0.332 e. The number of amides is 4. The van der Waals surface area contributed by atoms with Crippen LogP contribution in [0.15, 0.2) is 0 Å². The summed E-state index contributed by atoms with van der Waals surface area (Å²) in [6, 6.07) is -0.593. The maximum absolute atomic E-state index is 12.3. The van der Waals surface area contributed by atoms with Crippen molar-refractivity contribution < 1.29 is 19.2 Å². The highest BCUT2D eigenvalue weighted by Gasteiger charge is 2.38. The minimum absolute atomic E-state index is 0.0103. The van der Waals surface area contributed by atoms with Crippen molar-refractivity contribution in [2.24, 2.45) is 5.41 Å². The van der Waals surface area contributed by atoms with Gasteiger partial charge in [0.05, 0.1) is 6.54 Å². The van der Waals surface area contributed by atoms with E-state index in [2.05, 4.69) is 5.32 Å². The molecule has 2 heterocycles. The molecule has 0 saturated carbocycles. The Balaban J connectivity index is 1.95. The summed E-state index contributed by atoms with van der Waals surface area (Å²) in [5.74, 6) is -0.961. The number of hydrogen-bond donors (Lipinski definition) is 1. The van der Waals surface area contributed by atoms with Crippen molar-refractivity contribution in [2.75, 3.05) is 19.6 Å². The van der Waals surface area contributed by atoms with Crippen LogP contribution in [0.2, 0.25) is 0 Å². The van der Waals surface area contributed by atoms with Gasteiger partial charge in [-0.3, -0.25) is 24.5 Å². The van der Waals surface area contributed by atoms with Gasteiger partial charge in [-0.25, -0.2) is 0 Å². The summed E-state index contributed by atoms with van der Waals surface area (Å²) < 4.78 is 0. The lowest BCUT2D eigenvalue weighted by molar-refractivity contribution is -0.153. The van der Waals surface area contributed by atoms with Gasteiger partial charge in [0.2, 0.25) is 23.6 Å². The minimum atomic E-state index is -0.593. The number of imide groups is 1. The Morgan fingerprint density at radius 1 is 1.26 bits per heavy atom. The van der Waals surface area contributed by atoms with Crippen LogP contribution in [-0.2, 0) is 19.2 Å². The molecule has 2 aliphatic heterocycles. The van der Waals surface area contributed by atoms with E-state index in [1.54, 1.807) is 4.90 Å². The van der Waals surface area contributed by atoms with Gasteiger partial charge in [0.15, 0.2) is 0 Å². The zero-order chi connectivity index (χ0) is 17.2. The van der Waals surface area contributed by atoms with Crippen LogP contribution in [0.3, 0.4) is 0 Å². The quantitative estimate of drug-likeness (QED) is 0.753. The van der Waals surface area contributed by atoms with Crippen molar-refractivity contribution in [3.05, 3.63) is 0 Å². The second kappa shape index (κ2) is 6.68. The van der Waals surface area contributed by atoms with Crippen molar-refractivity contribution in [1.29, 1.82) is 0 Å². The summed E-state index contributed by atoms with van der Waals surface area (Å²) in [5.41, 5.74) is -0.0825. The zero-order valence-electron chi connectivity index (χ0n) is 14.1. The number of nitrogens with one attached hydrogen (secondary N) is 1. The van der Waals surface area contributed by atoms with E-state index < -0.39 is 11.9 Å². The van der Waals surface area contributed by atoms with Gasteiger partial charge in [0.1, 0.15) is 6.04 Å². The maximum atomic E-state index is 12.3. The van der Waals surface area contributed by atoms with E-state index in [-0.39, 0.29) is 36.1 Å². The van der Waals surface area contributed by atoms with E-state index >= 15 is 0 Å². The van der Waals surface area contributed by atoms with Gasteiger partial charge in [0, 0.05) is 25.9 Å². The third kappa shape index (κ3) is 4.09. The Labute approximate surface area is 136 Å². The number of nitrogens with zero attached hydrogens (tertiary/aromatic N) is 2. The molecule has 2 fully saturated rings. The molecule has 1 N–H and O–H groups in total. The summed E-state index contributed by atoms with van der Waals surface area (Å²) in [6.45, 7) is 6.89. The molecule has 0 radical (unpaired) electrons. The van der Waals surface area contributed by atoms with Crippen LogP contribution in [-0.4, -0.2) is 59.1 Å². The lowest BCUT2D eigenvalue weighted by Crippen LogP contribution is -2.61. The molecule has 0 aromatic heterocycles. The molecule has 2 saturated heterocycles. The van der Waals surface area contributed by atoms with Gasteiger partial charge >= 0.3 is 0 Å². The molecule has 7 nitrogen and oxygen atoms in total. The van der Waals surface area contributed by atoms with Gasteiger partial charge in [-0.2, -0.15) is 0 Å². The first kappa shape index (κ1) is 17.4. The van der Waals surface area contributed by atoms with E-state index in [0.29, 0.717) is 25.9 Å². The van der Waals surface area contributed by atoms with E-state index in [0.717, 1.165) is 6.42 Å². The molecule has 1 unspecified atom stereocenters. The average molecular weight is 323 g/mol. The molecule has 1 atom stereocenters. The number of carbonyl (C=O) groups is 4. The third-order valence-electron chi connectivity index (χ3n) is 4.78. The second-order valence-electron chi connectivity index (χ2n) is 7.06. The number of carbonyl (C=O) groups excluding carboxylic acids is 4. The lowest BCUT2D eigenvalue weighted by atomic mass is 9.86. The minimum Gasteiger partial charge on any atom is -0.332 e. The van der Waals surface area contributed by atoms with E-state index in [1.807, 2.05) is 20.8 Å². The maximum Gasteiger partial charge on any atom is 0.249 e. The number of hydrogen-bond acceptors (Lipinski definition) is 4. The monoisotopic (exact) mass is 323 g/mol. The molecule has 0 bridgehead atoms. The normalized spacial score (nSPS) is 23.1. The van der Waals surface area contributed by atoms with Gasteiger partial charge in [0.25, 0.3) is 0 Å². The molecule has 7 heteroatoms. The van der Waals surface area contributed by atoms with Crippen molar-refractivity contribution in [2.45, 2.75) is 52.5 Å². The number of piperazine rings is 1. The smallest absolute Gasteiger partial charge is 0.249 e. The van der Waals surface area contributed by atoms with Gasteiger partial charge in [-0.1, -0.05) is 27.2 Å². The first-order valence-electron chi connectivity index (χ1n) is 8.14. The van der Waals surface area contributed by atoms with Gasteiger partial charge < -0.3 is 9.80 Å². The average Bonchev–Trinajstić information content (AvgIpc) is 2.47. The SMILES string of the molecule is CCC(C)(C)CC(=O)N1CCN(C2CCC(=O)NC2=O)C(=O)C1. The van der Waals surface area contributed by atoms with Crippen molar-refractivity contribution in [3.8, 4) is 0 Å². The first-order valence-corrected chi connectivity index (χ1v) is 8.14. The van der Waals surface area contributed by atoms with Crippen molar-refractivity contribution >= 4 is 23.6 Å². The molecule has 4 amide bonds. The summed E-state index contributed by atoms with van der Waals surface area (Å²) in [6.07, 6.45) is 1.90. The van der Waals surface area contributed by atoms with Crippen LogP contribution in [0.1, 0.15) is 46.5 Å². The van der Waals surface area contributed by atoms with Gasteiger partial charge in [-0.05, 0) is 11.8 Å². The Kier molecular flexibility index (Phi) is 5.06. The second-order valence-corrected chi connectivity index (χ2v) is 7.06. The highest BCUT2D eigenvalue weighted by Crippen LogP contribution is 2.26. The highest BCUT2D eigenvalue weighted by molar-refractivity contribution is 6.02. The lowest BCUT2D eigenvalue weighted by Gasteiger charge is -2.40. The van der Waals surface area contributed by atoms with E-state index in [4.69, 9.17) is 0 Å². The molecule has 0 aromatic carbocycles. The highest BCUT2D eigenvalue weighted by atomic mass is 16.2.